The third-order valence-electron chi connectivity index (χ3n) is 7.12. The molecule has 1 saturated carbocycles. The van der Waals surface area contributed by atoms with E-state index in [9.17, 15) is 9.90 Å². The first-order valence-electron chi connectivity index (χ1n) is 10.7. The number of likely N-dealkylation sites (tertiary alicyclic amines) is 1. The van der Waals surface area contributed by atoms with Gasteiger partial charge in [0.1, 0.15) is 12.4 Å². The maximum Gasteiger partial charge on any atom is 0.248 e. The highest BCUT2D eigenvalue weighted by Crippen LogP contribution is 2.62. The Morgan fingerprint density at radius 1 is 1.10 bits per heavy atom. The van der Waals surface area contributed by atoms with E-state index in [4.69, 9.17) is 4.74 Å². The number of piperidine rings is 1. The van der Waals surface area contributed by atoms with Crippen molar-refractivity contribution in [2.75, 3.05) is 19.6 Å². The van der Waals surface area contributed by atoms with E-state index < -0.39 is 6.10 Å². The largest absolute Gasteiger partial charge is 0.487 e. The van der Waals surface area contributed by atoms with Crippen molar-refractivity contribution in [3.05, 3.63) is 76.1 Å². The highest BCUT2D eigenvalue weighted by Gasteiger charge is 2.61. The summed E-state index contributed by atoms with van der Waals surface area (Å²) in [5, 5.41) is 11.8. The predicted octanol–water partition coefficient (Wildman–Crippen LogP) is 3.73. The summed E-state index contributed by atoms with van der Waals surface area (Å²) in [6.07, 6.45) is -0.609. The Morgan fingerprint density at radius 3 is 2.57 bits per heavy atom. The Morgan fingerprint density at radius 2 is 1.83 bits per heavy atom. The van der Waals surface area contributed by atoms with Crippen molar-refractivity contribution in [3.63, 3.8) is 0 Å². The molecule has 2 unspecified atom stereocenters. The molecule has 0 amide bonds. The second-order valence-corrected chi connectivity index (χ2v) is 9.31. The maximum absolute atomic E-state index is 12.0. The predicted molar refractivity (Wildman–Crippen MR) is 118 cm³/mol. The maximum atomic E-state index is 12.0. The zero-order valence-corrected chi connectivity index (χ0v) is 17.5. The molecule has 1 saturated heterocycles. The normalized spacial score (nSPS) is 23.3. The smallest absolute Gasteiger partial charge is 0.248 e. The van der Waals surface area contributed by atoms with Gasteiger partial charge in [-0.3, -0.25) is 9.69 Å². The molecule has 0 spiro atoms. The van der Waals surface area contributed by atoms with Crippen molar-refractivity contribution >= 4 is 10.9 Å². The van der Waals surface area contributed by atoms with Crippen molar-refractivity contribution in [1.29, 1.82) is 0 Å². The van der Waals surface area contributed by atoms with Crippen LogP contribution in [-0.4, -0.2) is 34.6 Å². The lowest BCUT2D eigenvalue weighted by Gasteiger charge is -2.25. The lowest BCUT2D eigenvalue weighted by Crippen LogP contribution is -2.30. The molecule has 3 atom stereocenters. The number of aromatic nitrogens is 1. The Balaban J connectivity index is 1.37. The van der Waals surface area contributed by atoms with E-state index in [-0.39, 0.29) is 5.56 Å². The number of aliphatic hydroxyl groups is 1. The highest BCUT2D eigenvalue weighted by molar-refractivity contribution is 5.87. The fourth-order valence-corrected chi connectivity index (χ4v) is 5.10. The summed E-state index contributed by atoms with van der Waals surface area (Å²) in [4.78, 5) is 17.3. The molecule has 5 rings (SSSR count). The summed E-state index contributed by atoms with van der Waals surface area (Å²) in [5.41, 5.74) is 2.81. The molecule has 0 bridgehead atoms. The molecule has 2 aromatic carbocycles. The van der Waals surface area contributed by atoms with Gasteiger partial charge in [-0.15, -0.1) is 0 Å². The van der Waals surface area contributed by atoms with Gasteiger partial charge < -0.3 is 14.8 Å². The van der Waals surface area contributed by atoms with Gasteiger partial charge in [0.15, 0.2) is 0 Å². The van der Waals surface area contributed by atoms with Crippen molar-refractivity contribution in [1.82, 2.24) is 9.88 Å². The third kappa shape index (κ3) is 3.42. The number of hydrogen-bond donors (Lipinski definition) is 2. The van der Waals surface area contributed by atoms with Gasteiger partial charge in [-0.1, -0.05) is 50.2 Å². The van der Waals surface area contributed by atoms with Crippen LogP contribution in [0.4, 0.5) is 0 Å². The molecule has 1 aliphatic carbocycles. The molecule has 3 aromatic rings. The van der Waals surface area contributed by atoms with E-state index in [0.717, 1.165) is 41.4 Å². The topological polar surface area (TPSA) is 65.6 Å². The number of benzene rings is 2. The lowest BCUT2D eigenvalue weighted by molar-refractivity contribution is 0.114. The number of nitrogens with one attached hydrogen (secondary N) is 1. The molecule has 1 aromatic heterocycles. The fraction of sp³-hybridized carbons (Fsp3) is 0.400. The van der Waals surface area contributed by atoms with Gasteiger partial charge in [-0.2, -0.15) is 0 Å². The summed E-state index contributed by atoms with van der Waals surface area (Å²) in [6.45, 7) is 7.83. The first-order valence-corrected chi connectivity index (χ1v) is 10.7. The van der Waals surface area contributed by atoms with Crippen LogP contribution in [0.1, 0.15) is 31.1 Å². The average molecular weight is 405 g/mol. The van der Waals surface area contributed by atoms with E-state index in [0.29, 0.717) is 29.8 Å². The van der Waals surface area contributed by atoms with Crippen LogP contribution >= 0.6 is 0 Å². The Labute approximate surface area is 176 Å². The number of β-amino-alcohol motifs (C(OH)–C–C–N with tert-alkyl or cyclic N) is 1. The van der Waals surface area contributed by atoms with Gasteiger partial charge in [0.2, 0.25) is 5.56 Å². The average Bonchev–Trinajstić information content (AvgIpc) is 3.05. The summed E-state index contributed by atoms with van der Waals surface area (Å²) in [7, 11) is 0. The number of aliphatic hydroxyl groups excluding tert-OH is 1. The summed E-state index contributed by atoms with van der Waals surface area (Å²) >= 11 is 0. The van der Waals surface area contributed by atoms with E-state index in [1.54, 1.807) is 6.07 Å². The first kappa shape index (κ1) is 19.3. The van der Waals surface area contributed by atoms with Crippen molar-refractivity contribution in [2.24, 2.45) is 17.3 Å². The molecule has 30 heavy (non-hydrogen) atoms. The molecular weight excluding hydrogens is 376 g/mol. The molecule has 2 aliphatic rings. The van der Waals surface area contributed by atoms with Crippen LogP contribution < -0.4 is 10.3 Å². The van der Waals surface area contributed by atoms with E-state index in [1.165, 1.54) is 6.07 Å². The van der Waals surface area contributed by atoms with Crippen LogP contribution in [0.2, 0.25) is 0 Å². The van der Waals surface area contributed by atoms with Crippen LogP contribution in [-0.2, 0) is 6.61 Å². The number of hydrogen-bond acceptors (Lipinski definition) is 4. The van der Waals surface area contributed by atoms with Gasteiger partial charge in [0.25, 0.3) is 0 Å². The summed E-state index contributed by atoms with van der Waals surface area (Å²) < 4.78 is 6.01. The number of fused-ring (bicyclic) bond motifs is 2. The van der Waals surface area contributed by atoms with Crippen LogP contribution in [0.25, 0.3) is 10.9 Å². The minimum absolute atomic E-state index is 0.180. The number of nitrogens with zero attached hydrogens (tertiary/aromatic N) is 1. The lowest BCUT2D eigenvalue weighted by atomic mass is 10.0. The molecular formula is C25H28N2O3. The number of pyridine rings is 1. The standard InChI is InChI=1S/C25H28N2O3/c1-25(2)19-12-27(13-20(19)25)14-21(28)17-8-10-22(24-18(17)9-11-23(29)26-24)30-15-16-6-4-3-5-7-16/h3-11,19-21,28H,12-15H2,1-2H3,(H,26,29)/t19?,20?,21-/m1/s1. The van der Waals surface area contributed by atoms with Crippen molar-refractivity contribution in [3.8, 4) is 5.75 Å². The molecule has 0 radical (unpaired) electrons. The van der Waals surface area contributed by atoms with E-state index in [2.05, 4.69) is 23.7 Å². The Hall–Kier alpha value is -2.63. The molecule has 2 fully saturated rings. The quantitative estimate of drug-likeness (QED) is 0.657. The second-order valence-electron chi connectivity index (χ2n) is 9.31. The Bertz CT molecular complexity index is 1110. The second kappa shape index (κ2) is 7.25. The molecule has 1 aliphatic heterocycles. The SMILES string of the molecule is CC1(C)C2CN(C[C@@H](O)c3ccc(OCc4ccccc4)c4[nH]c(=O)ccc34)CC21. The minimum atomic E-state index is -0.609. The molecule has 2 N–H and O–H groups in total. The van der Waals surface area contributed by atoms with Crippen molar-refractivity contribution in [2.45, 2.75) is 26.6 Å². The number of rotatable bonds is 6. The van der Waals surface area contributed by atoms with Crippen LogP contribution in [0.3, 0.4) is 0 Å². The van der Waals surface area contributed by atoms with Gasteiger partial charge in [0, 0.05) is 31.1 Å². The first-order chi connectivity index (χ1) is 14.4. The molecule has 5 nitrogen and oxygen atoms in total. The van der Waals surface area contributed by atoms with E-state index >= 15 is 0 Å². The van der Waals surface area contributed by atoms with E-state index in [1.807, 2.05) is 42.5 Å². The molecule has 2 heterocycles. The van der Waals surface area contributed by atoms with Gasteiger partial charge in [0.05, 0.1) is 11.6 Å². The van der Waals surface area contributed by atoms with Gasteiger partial charge in [-0.25, -0.2) is 0 Å². The van der Waals surface area contributed by atoms with Gasteiger partial charge in [-0.05, 0) is 40.5 Å². The fourth-order valence-electron chi connectivity index (χ4n) is 5.10. The molecule has 156 valence electrons. The number of ether oxygens (including phenoxy) is 1. The minimum Gasteiger partial charge on any atom is -0.487 e. The van der Waals surface area contributed by atoms with Gasteiger partial charge >= 0.3 is 0 Å². The zero-order valence-electron chi connectivity index (χ0n) is 17.5. The van der Waals surface area contributed by atoms with Crippen LogP contribution in [0.5, 0.6) is 5.75 Å². The summed E-state index contributed by atoms with van der Waals surface area (Å²) in [5.74, 6) is 2.13. The number of aromatic amines is 1. The number of H-pyrrole nitrogens is 1. The summed E-state index contributed by atoms with van der Waals surface area (Å²) in [6, 6.07) is 17.0. The van der Waals surface area contributed by atoms with Crippen LogP contribution in [0, 0.1) is 17.3 Å². The Kier molecular flexibility index (Phi) is 4.68. The molecule has 5 heteroatoms. The van der Waals surface area contributed by atoms with Crippen LogP contribution in [0.15, 0.2) is 59.4 Å². The van der Waals surface area contributed by atoms with Crippen molar-refractivity contribution < 1.29 is 9.84 Å². The monoisotopic (exact) mass is 404 g/mol. The third-order valence-corrected chi connectivity index (χ3v) is 7.12. The highest BCUT2D eigenvalue weighted by atomic mass is 16.5. The zero-order chi connectivity index (χ0) is 20.9.